The molecule has 1 amide bonds. The zero-order chi connectivity index (χ0) is 17.6. The minimum absolute atomic E-state index is 0.0551. The highest BCUT2D eigenvalue weighted by molar-refractivity contribution is 5.99. The van der Waals surface area contributed by atoms with Gasteiger partial charge in [0, 0.05) is 25.3 Å². The van der Waals surface area contributed by atoms with E-state index in [-0.39, 0.29) is 12.5 Å². The Morgan fingerprint density at radius 3 is 2.40 bits per heavy atom. The molecular weight excluding hydrogens is 312 g/mol. The van der Waals surface area contributed by atoms with E-state index >= 15 is 0 Å². The van der Waals surface area contributed by atoms with Gasteiger partial charge in [-0.15, -0.1) is 0 Å². The van der Waals surface area contributed by atoms with Crippen LogP contribution in [0.5, 0.6) is 0 Å². The fourth-order valence-electron chi connectivity index (χ4n) is 3.17. The maximum atomic E-state index is 12.9. The van der Waals surface area contributed by atoms with Gasteiger partial charge in [0.2, 0.25) is 0 Å². The molecule has 4 nitrogen and oxygen atoms in total. The van der Waals surface area contributed by atoms with Gasteiger partial charge < -0.3 is 15.3 Å². The first kappa shape index (κ1) is 17.5. The largest absolute Gasteiger partial charge is 0.392 e. The first-order valence-electron chi connectivity index (χ1n) is 8.98. The summed E-state index contributed by atoms with van der Waals surface area (Å²) in [7, 11) is 0. The number of amides is 1. The molecule has 0 radical (unpaired) electrons. The van der Waals surface area contributed by atoms with Crippen molar-refractivity contribution in [2.45, 2.75) is 32.9 Å². The van der Waals surface area contributed by atoms with Gasteiger partial charge >= 0.3 is 0 Å². The van der Waals surface area contributed by atoms with Crippen LogP contribution in [0, 0.1) is 5.92 Å². The van der Waals surface area contributed by atoms with Gasteiger partial charge in [0.05, 0.1) is 12.2 Å². The maximum absolute atomic E-state index is 12.9. The fraction of sp³-hybridized carbons (Fsp3) is 0.381. The van der Waals surface area contributed by atoms with Crippen molar-refractivity contribution in [3.05, 3.63) is 65.2 Å². The number of carbonyl (C=O) groups excluding carboxylic acids is 1. The Hall–Kier alpha value is -2.33. The third kappa shape index (κ3) is 4.40. The van der Waals surface area contributed by atoms with Gasteiger partial charge in [0.15, 0.2) is 0 Å². The molecule has 3 rings (SSSR count). The summed E-state index contributed by atoms with van der Waals surface area (Å²) in [4.78, 5) is 14.8. The lowest BCUT2D eigenvalue weighted by atomic mass is 9.98. The number of benzene rings is 2. The highest BCUT2D eigenvalue weighted by atomic mass is 16.3. The molecule has 2 aromatic carbocycles. The van der Waals surface area contributed by atoms with E-state index in [0.29, 0.717) is 12.5 Å². The molecule has 0 aliphatic carbocycles. The van der Waals surface area contributed by atoms with E-state index in [1.807, 2.05) is 53.4 Å². The molecule has 2 N–H and O–H groups in total. The third-order valence-electron chi connectivity index (χ3n) is 4.92. The number of para-hydroxylation sites is 1. The van der Waals surface area contributed by atoms with Gasteiger partial charge in [-0.1, -0.05) is 43.3 Å². The van der Waals surface area contributed by atoms with Crippen molar-refractivity contribution in [1.82, 2.24) is 4.90 Å². The van der Waals surface area contributed by atoms with Crippen LogP contribution in [0.1, 0.15) is 41.3 Å². The molecule has 2 aromatic rings. The number of nitrogens with one attached hydrogen (secondary N) is 1. The monoisotopic (exact) mass is 338 g/mol. The zero-order valence-corrected chi connectivity index (χ0v) is 14.7. The summed E-state index contributed by atoms with van der Waals surface area (Å²) in [6, 6.07) is 15.6. The van der Waals surface area contributed by atoms with Crippen molar-refractivity contribution < 1.29 is 9.90 Å². The molecule has 0 bridgehead atoms. The van der Waals surface area contributed by atoms with Crippen LogP contribution in [0.4, 0.5) is 5.69 Å². The van der Waals surface area contributed by atoms with Crippen LogP contribution >= 0.6 is 0 Å². The third-order valence-corrected chi connectivity index (χ3v) is 4.92. The number of aliphatic hydroxyl groups excluding tert-OH is 1. The first-order valence-corrected chi connectivity index (χ1v) is 8.98. The molecule has 25 heavy (non-hydrogen) atoms. The molecule has 1 fully saturated rings. The molecule has 0 aromatic heterocycles. The number of hydrogen-bond acceptors (Lipinski definition) is 3. The first-order chi connectivity index (χ1) is 12.2. The van der Waals surface area contributed by atoms with Gasteiger partial charge in [-0.2, -0.15) is 0 Å². The molecule has 4 heteroatoms. The average Bonchev–Trinajstić information content (AvgIpc) is 2.67. The SMILES string of the molecule is CC1CCN(C(=O)c2ccccc2NCc2ccc(CO)cc2)CC1. The molecule has 0 spiro atoms. The normalized spacial score (nSPS) is 15.2. The van der Waals surface area contributed by atoms with E-state index in [9.17, 15) is 4.79 Å². The predicted octanol–water partition coefficient (Wildman–Crippen LogP) is 3.66. The topological polar surface area (TPSA) is 52.6 Å². The lowest BCUT2D eigenvalue weighted by molar-refractivity contribution is 0.0698. The minimum atomic E-state index is 0.0551. The minimum Gasteiger partial charge on any atom is -0.392 e. The number of anilines is 1. The Morgan fingerprint density at radius 2 is 1.72 bits per heavy atom. The number of nitrogens with zero attached hydrogens (tertiary/aromatic N) is 1. The van der Waals surface area contributed by atoms with Gasteiger partial charge in [-0.25, -0.2) is 0 Å². The van der Waals surface area contributed by atoms with Gasteiger partial charge in [-0.3, -0.25) is 4.79 Å². The van der Waals surface area contributed by atoms with Crippen molar-refractivity contribution >= 4 is 11.6 Å². The molecule has 0 atom stereocenters. The Morgan fingerprint density at radius 1 is 1.08 bits per heavy atom. The van der Waals surface area contributed by atoms with Gasteiger partial charge in [0.1, 0.15) is 0 Å². The maximum Gasteiger partial charge on any atom is 0.255 e. The smallest absolute Gasteiger partial charge is 0.255 e. The van der Waals surface area contributed by atoms with E-state index in [1.165, 1.54) is 0 Å². The Balaban J connectivity index is 1.68. The summed E-state index contributed by atoms with van der Waals surface area (Å²) >= 11 is 0. The predicted molar refractivity (Wildman–Crippen MR) is 100 cm³/mol. The van der Waals surface area contributed by atoms with Crippen molar-refractivity contribution in [2.24, 2.45) is 5.92 Å². The van der Waals surface area contributed by atoms with Crippen molar-refractivity contribution in [1.29, 1.82) is 0 Å². The van der Waals surface area contributed by atoms with Crippen LogP contribution in [0.3, 0.4) is 0 Å². The summed E-state index contributed by atoms with van der Waals surface area (Å²) < 4.78 is 0. The highest BCUT2D eigenvalue weighted by Crippen LogP contribution is 2.22. The van der Waals surface area contributed by atoms with Crippen LogP contribution in [-0.4, -0.2) is 29.0 Å². The summed E-state index contributed by atoms with van der Waals surface area (Å²) in [5, 5.41) is 12.5. The van der Waals surface area contributed by atoms with E-state index in [4.69, 9.17) is 5.11 Å². The molecule has 1 aliphatic heterocycles. The molecule has 1 heterocycles. The number of hydrogen-bond donors (Lipinski definition) is 2. The molecule has 0 saturated carbocycles. The molecule has 132 valence electrons. The van der Waals surface area contributed by atoms with Crippen LogP contribution < -0.4 is 5.32 Å². The number of aliphatic hydroxyl groups is 1. The Kier molecular flexibility index (Phi) is 5.71. The Bertz CT molecular complexity index is 704. The van der Waals surface area contributed by atoms with E-state index in [2.05, 4.69) is 12.2 Å². The summed E-state index contributed by atoms with van der Waals surface area (Å²) in [6.07, 6.45) is 2.16. The lowest BCUT2D eigenvalue weighted by Gasteiger charge is -2.31. The van der Waals surface area contributed by atoms with E-state index < -0.39 is 0 Å². The summed E-state index contributed by atoms with van der Waals surface area (Å²) in [6.45, 7) is 4.64. The molecule has 1 saturated heterocycles. The summed E-state index contributed by atoms with van der Waals surface area (Å²) in [5.41, 5.74) is 3.63. The quantitative estimate of drug-likeness (QED) is 0.875. The van der Waals surface area contributed by atoms with Crippen molar-refractivity contribution in [3.8, 4) is 0 Å². The molecular formula is C21H26N2O2. The van der Waals surface area contributed by atoms with Crippen molar-refractivity contribution in [2.75, 3.05) is 18.4 Å². The second kappa shape index (κ2) is 8.17. The van der Waals surface area contributed by atoms with Crippen molar-refractivity contribution in [3.63, 3.8) is 0 Å². The van der Waals surface area contributed by atoms with Gasteiger partial charge in [0.25, 0.3) is 5.91 Å². The van der Waals surface area contributed by atoms with Crippen LogP contribution in [0.2, 0.25) is 0 Å². The zero-order valence-electron chi connectivity index (χ0n) is 14.7. The van der Waals surface area contributed by atoms with Crippen LogP contribution in [-0.2, 0) is 13.2 Å². The van der Waals surface area contributed by atoms with Gasteiger partial charge in [-0.05, 0) is 42.0 Å². The van der Waals surface area contributed by atoms with Crippen LogP contribution in [0.25, 0.3) is 0 Å². The number of likely N-dealkylation sites (tertiary alicyclic amines) is 1. The molecule has 0 unspecified atom stereocenters. The number of rotatable bonds is 5. The van der Waals surface area contributed by atoms with Crippen LogP contribution in [0.15, 0.2) is 48.5 Å². The molecule has 1 aliphatic rings. The standard InChI is InChI=1S/C21H26N2O2/c1-16-10-12-23(13-11-16)21(25)19-4-2-3-5-20(19)22-14-17-6-8-18(15-24)9-7-17/h2-9,16,22,24H,10-15H2,1H3. The van der Waals surface area contributed by atoms with E-state index in [1.54, 1.807) is 0 Å². The average molecular weight is 338 g/mol. The number of carbonyl (C=O) groups is 1. The highest BCUT2D eigenvalue weighted by Gasteiger charge is 2.22. The number of piperidine rings is 1. The second-order valence-corrected chi connectivity index (χ2v) is 6.85. The Labute approximate surface area is 149 Å². The fourth-order valence-corrected chi connectivity index (χ4v) is 3.17. The van der Waals surface area contributed by atoms with E-state index in [0.717, 1.165) is 48.3 Å². The lowest BCUT2D eigenvalue weighted by Crippen LogP contribution is -2.38. The second-order valence-electron chi connectivity index (χ2n) is 6.85. The summed E-state index contributed by atoms with van der Waals surface area (Å²) in [5.74, 6) is 0.824.